The van der Waals surface area contributed by atoms with Crippen molar-refractivity contribution in [1.29, 1.82) is 0 Å². The van der Waals surface area contributed by atoms with Gasteiger partial charge in [-0.25, -0.2) is 0 Å². The van der Waals surface area contributed by atoms with E-state index in [0.29, 0.717) is 23.5 Å². The molecule has 0 spiro atoms. The number of nitrogens with one attached hydrogen (secondary N) is 2. The highest BCUT2D eigenvalue weighted by atomic mass is 16.5. The summed E-state index contributed by atoms with van der Waals surface area (Å²) in [5.41, 5.74) is 4.42. The standard InChI is InChI=1S/C19H20N2O3/c1-11-4-6-15(8-12(11)2)19(23)20-10-14-5-7-17-16(9-14)21-18(22)13(3)24-17/h4-9,13H,10H2,1-3H3,(H,20,23)(H,21,22). The number of amides is 2. The molecule has 1 unspecified atom stereocenters. The zero-order valence-electron chi connectivity index (χ0n) is 14.0. The van der Waals surface area contributed by atoms with E-state index in [0.717, 1.165) is 16.7 Å². The molecule has 1 atom stereocenters. The highest BCUT2D eigenvalue weighted by Crippen LogP contribution is 2.30. The van der Waals surface area contributed by atoms with E-state index in [1.54, 1.807) is 6.92 Å². The number of hydrogen-bond acceptors (Lipinski definition) is 3. The second-order valence-corrected chi connectivity index (χ2v) is 6.06. The number of anilines is 1. The lowest BCUT2D eigenvalue weighted by molar-refractivity contribution is -0.122. The molecule has 0 aliphatic carbocycles. The fraction of sp³-hybridized carbons (Fsp3) is 0.263. The molecule has 1 aliphatic rings. The molecule has 124 valence electrons. The maximum absolute atomic E-state index is 12.3. The third-order valence-corrected chi connectivity index (χ3v) is 4.20. The average molecular weight is 324 g/mol. The van der Waals surface area contributed by atoms with Gasteiger partial charge in [-0.3, -0.25) is 9.59 Å². The first kappa shape index (κ1) is 16.1. The number of ether oxygens (including phenoxy) is 1. The Bertz CT molecular complexity index is 814. The quantitative estimate of drug-likeness (QED) is 0.912. The van der Waals surface area contributed by atoms with Crippen LogP contribution in [0.3, 0.4) is 0 Å². The minimum atomic E-state index is -0.493. The Balaban J connectivity index is 1.68. The van der Waals surface area contributed by atoms with Crippen molar-refractivity contribution < 1.29 is 14.3 Å². The van der Waals surface area contributed by atoms with Crippen molar-refractivity contribution in [2.45, 2.75) is 33.4 Å². The summed E-state index contributed by atoms with van der Waals surface area (Å²) < 4.78 is 5.52. The maximum Gasteiger partial charge on any atom is 0.265 e. The molecule has 24 heavy (non-hydrogen) atoms. The van der Waals surface area contributed by atoms with Gasteiger partial charge in [0.2, 0.25) is 0 Å². The molecular weight excluding hydrogens is 304 g/mol. The van der Waals surface area contributed by atoms with Crippen molar-refractivity contribution in [2.75, 3.05) is 5.32 Å². The Morgan fingerprint density at radius 1 is 1.17 bits per heavy atom. The van der Waals surface area contributed by atoms with Crippen LogP contribution in [0.2, 0.25) is 0 Å². The fourth-order valence-corrected chi connectivity index (χ4v) is 2.53. The number of aryl methyl sites for hydroxylation is 2. The summed E-state index contributed by atoms with van der Waals surface area (Å²) in [6.45, 7) is 6.08. The van der Waals surface area contributed by atoms with Crippen molar-refractivity contribution >= 4 is 17.5 Å². The summed E-state index contributed by atoms with van der Waals surface area (Å²) in [6.07, 6.45) is -0.493. The van der Waals surface area contributed by atoms with Crippen LogP contribution in [0.4, 0.5) is 5.69 Å². The number of fused-ring (bicyclic) bond motifs is 1. The lowest BCUT2D eigenvalue weighted by Crippen LogP contribution is -2.34. The van der Waals surface area contributed by atoms with Gasteiger partial charge < -0.3 is 15.4 Å². The van der Waals surface area contributed by atoms with Gasteiger partial charge in [0.25, 0.3) is 11.8 Å². The van der Waals surface area contributed by atoms with Crippen LogP contribution < -0.4 is 15.4 Å². The number of carbonyl (C=O) groups is 2. The van der Waals surface area contributed by atoms with Crippen LogP contribution in [0, 0.1) is 13.8 Å². The molecule has 5 heteroatoms. The van der Waals surface area contributed by atoms with Crippen LogP contribution in [0.15, 0.2) is 36.4 Å². The van der Waals surface area contributed by atoms with Crippen LogP contribution >= 0.6 is 0 Å². The molecule has 1 heterocycles. The lowest BCUT2D eigenvalue weighted by Gasteiger charge is -2.23. The zero-order valence-corrected chi connectivity index (χ0v) is 14.0. The number of rotatable bonds is 3. The number of hydrogen-bond donors (Lipinski definition) is 2. The van der Waals surface area contributed by atoms with Gasteiger partial charge in [-0.2, -0.15) is 0 Å². The first-order valence-corrected chi connectivity index (χ1v) is 7.90. The van der Waals surface area contributed by atoms with Crippen molar-refractivity contribution in [2.24, 2.45) is 0 Å². The summed E-state index contributed by atoms with van der Waals surface area (Å²) in [5, 5.41) is 5.70. The van der Waals surface area contributed by atoms with E-state index in [-0.39, 0.29) is 11.8 Å². The van der Waals surface area contributed by atoms with E-state index in [2.05, 4.69) is 10.6 Å². The zero-order chi connectivity index (χ0) is 17.3. The topological polar surface area (TPSA) is 67.4 Å². The molecule has 2 amide bonds. The summed E-state index contributed by atoms with van der Waals surface area (Å²) in [7, 11) is 0. The molecule has 0 saturated heterocycles. The molecule has 0 radical (unpaired) electrons. The Morgan fingerprint density at radius 2 is 1.96 bits per heavy atom. The Labute approximate surface area is 141 Å². The highest BCUT2D eigenvalue weighted by Gasteiger charge is 2.23. The molecule has 0 aromatic heterocycles. The number of benzene rings is 2. The minimum absolute atomic E-state index is 0.121. The fourth-order valence-electron chi connectivity index (χ4n) is 2.53. The molecule has 3 rings (SSSR count). The van der Waals surface area contributed by atoms with Crippen LogP contribution in [0.1, 0.15) is 34.0 Å². The maximum atomic E-state index is 12.3. The van der Waals surface area contributed by atoms with E-state index < -0.39 is 6.10 Å². The second kappa shape index (κ2) is 6.35. The monoisotopic (exact) mass is 324 g/mol. The first-order chi connectivity index (χ1) is 11.4. The number of carbonyl (C=O) groups excluding carboxylic acids is 2. The summed E-state index contributed by atoms with van der Waals surface area (Å²) in [4.78, 5) is 23.9. The largest absolute Gasteiger partial charge is 0.479 e. The molecule has 0 fully saturated rings. The predicted molar refractivity (Wildman–Crippen MR) is 92.2 cm³/mol. The van der Waals surface area contributed by atoms with E-state index in [4.69, 9.17) is 4.74 Å². The molecular formula is C19H20N2O3. The van der Waals surface area contributed by atoms with Crippen LogP contribution in [-0.2, 0) is 11.3 Å². The van der Waals surface area contributed by atoms with Crippen molar-refractivity contribution in [3.8, 4) is 5.75 Å². The second-order valence-electron chi connectivity index (χ2n) is 6.06. The van der Waals surface area contributed by atoms with E-state index in [9.17, 15) is 9.59 Å². The minimum Gasteiger partial charge on any atom is -0.479 e. The van der Waals surface area contributed by atoms with Gasteiger partial charge in [0.15, 0.2) is 6.10 Å². The van der Waals surface area contributed by atoms with E-state index >= 15 is 0 Å². The lowest BCUT2D eigenvalue weighted by atomic mass is 10.1. The molecule has 2 N–H and O–H groups in total. The third kappa shape index (κ3) is 3.25. The molecule has 0 bridgehead atoms. The Morgan fingerprint density at radius 3 is 2.71 bits per heavy atom. The van der Waals surface area contributed by atoms with Gasteiger partial charge in [0.1, 0.15) is 5.75 Å². The van der Waals surface area contributed by atoms with Crippen molar-refractivity contribution in [3.05, 3.63) is 58.7 Å². The Hall–Kier alpha value is -2.82. The predicted octanol–water partition coefficient (Wildman–Crippen LogP) is 2.95. The van der Waals surface area contributed by atoms with Crippen molar-refractivity contribution in [1.82, 2.24) is 5.32 Å². The summed E-state index contributed by atoms with van der Waals surface area (Å²) >= 11 is 0. The van der Waals surface area contributed by atoms with E-state index in [1.165, 1.54) is 0 Å². The van der Waals surface area contributed by atoms with Crippen molar-refractivity contribution in [3.63, 3.8) is 0 Å². The van der Waals surface area contributed by atoms with Crippen LogP contribution in [-0.4, -0.2) is 17.9 Å². The smallest absolute Gasteiger partial charge is 0.265 e. The van der Waals surface area contributed by atoms with Crippen LogP contribution in [0.5, 0.6) is 5.75 Å². The van der Waals surface area contributed by atoms with E-state index in [1.807, 2.05) is 50.2 Å². The van der Waals surface area contributed by atoms with Gasteiger partial charge in [-0.1, -0.05) is 12.1 Å². The molecule has 1 aliphatic heterocycles. The molecule has 2 aromatic carbocycles. The third-order valence-electron chi connectivity index (χ3n) is 4.20. The van der Waals surface area contributed by atoms with Gasteiger partial charge >= 0.3 is 0 Å². The van der Waals surface area contributed by atoms with Gasteiger partial charge in [0.05, 0.1) is 5.69 Å². The normalized spacial score (nSPS) is 16.0. The van der Waals surface area contributed by atoms with Crippen LogP contribution in [0.25, 0.3) is 0 Å². The molecule has 5 nitrogen and oxygen atoms in total. The van der Waals surface area contributed by atoms with Gasteiger partial charge in [-0.15, -0.1) is 0 Å². The molecule has 2 aromatic rings. The van der Waals surface area contributed by atoms with Gasteiger partial charge in [-0.05, 0) is 61.7 Å². The summed E-state index contributed by atoms with van der Waals surface area (Å²) in [6, 6.07) is 11.1. The van der Waals surface area contributed by atoms with Gasteiger partial charge in [0, 0.05) is 12.1 Å². The molecule has 0 saturated carbocycles. The summed E-state index contributed by atoms with van der Waals surface area (Å²) in [5.74, 6) is 0.356. The Kier molecular flexibility index (Phi) is 4.25. The SMILES string of the molecule is Cc1ccc(C(=O)NCc2ccc3c(c2)NC(=O)C(C)O3)cc1C. The first-order valence-electron chi connectivity index (χ1n) is 7.90. The average Bonchev–Trinajstić information content (AvgIpc) is 2.56. The highest BCUT2D eigenvalue weighted by molar-refractivity contribution is 5.97.